The van der Waals surface area contributed by atoms with E-state index in [2.05, 4.69) is 10.6 Å². The SMILES string of the molecule is CCOC(=O)c1sc(NC(=S)NC(=O)/C=C/c2ccc(-c3ccccc3)o2)c(C(=O)OCC)c1C. The van der Waals surface area contributed by atoms with Gasteiger partial charge in [0, 0.05) is 11.6 Å². The Bertz CT molecular complexity index is 1260. The van der Waals surface area contributed by atoms with E-state index in [0.717, 1.165) is 16.9 Å². The van der Waals surface area contributed by atoms with Crippen LogP contribution in [0.3, 0.4) is 0 Å². The van der Waals surface area contributed by atoms with E-state index < -0.39 is 17.8 Å². The molecule has 3 rings (SSSR count). The van der Waals surface area contributed by atoms with Gasteiger partial charge in [-0.2, -0.15) is 0 Å². The van der Waals surface area contributed by atoms with Crippen LogP contribution in [0.15, 0.2) is 53.0 Å². The molecule has 10 heteroatoms. The molecular formula is C25H24N2O6S2. The number of esters is 2. The van der Waals surface area contributed by atoms with Gasteiger partial charge in [0.25, 0.3) is 0 Å². The van der Waals surface area contributed by atoms with Crippen LogP contribution in [0.5, 0.6) is 0 Å². The summed E-state index contributed by atoms with van der Waals surface area (Å²) in [7, 11) is 0. The number of carbonyl (C=O) groups excluding carboxylic acids is 3. The van der Waals surface area contributed by atoms with Crippen molar-refractivity contribution in [2.45, 2.75) is 20.8 Å². The van der Waals surface area contributed by atoms with Crippen LogP contribution in [0.25, 0.3) is 17.4 Å². The summed E-state index contributed by atoms with van der Waals surface area (Å²) in [4.78, 5) is 37.4. The highest BCUT2D eigenvalue weighted by atomic mass is 32.1. The number of thiophene rings is 1. The lowest BCUT2D eigenvalue weighted by Gasteiger charge is -2.09. The van der Waals surface area contributed by atoms with E-state index in [9.17, 15) is 14.4 Å². The van der Waals surface area contributed by atoms with Crippen molar-refractivity contribution in [2.24, 2.45) is 0 Å². The molecule has 0 bridgehead atoms. The minimum atomic E-state index is -0.611. The number of thiocarbonyl (C=S) groups is 1. The van der Waals surface area contributed by atoms with Gasteiger partial charge in [-0.1, -0.05) is 30.3 Å². The molecule has 8 nitrogen and oxygen atoms in total. The first-order chi connectivity index (χ1) is 16.8. The second-order valence-electron chi connectivity index (χ2n) is 7.05. The number of benzene rings is 1. The highest BCUT2D eigenvalue weighted by molar-refractivity contribution is 7.80. The molecule has 0 atom stereocenters. The van der Waals surface area contributed by atoms with Gasteiger partial charge in [0.15, 0.2) is 5.11 Å². The lowest BCUT2D eigenvalue weighted by molar-refractivity contribution is -0.115. The predicted octanol–water partition coefficient (Wildman–Crippen LogP) is 5.20. The maximum Gasteiger partial charge on any atom is 0.348 e. The summed E-state index contributed by atoms with van der Waals surface area (Å²) in [5.74, 6) is -0.493. The first-order valence-electron chi connectivity index (χ1n) is 10.8. The van der Waals surface area contributed by atoms with Crippen molar-refractivity contribution in [2.75, 3.05) is 18.5 Å². The summed E-state index contributed by atoms with van der Waals surface area (Å²) in [5, 5.41) is 5.55. The quantitative estimate of drug-likeness (QED) is 0.241. The monoisotopic (exact) mass is 512 g/mol. The summed E-state index contributed by atoms with van der Waals surface area (Å²) in [6.45, 7) is 5.34. The Morgan fingerprint density at radius 2 is 1.71 bits per heavy atom. The van der Waals surface area contributed by atoms with E-state index in [1.165, 1.54) is 12.2 Å². The number of rotatable bonds is 8. The van der Waals surface area contributed by atoms with E-state index >= 15 is 0 Å². The maximum atomic E-state index is 12.5. The smallest absolute Gasteiger partial charge is 0.348 e. The van der Waals surface area contributed by atoms with Crippen LogP contribution in [0, 0.1) is 6.92 Å². The van der Waals surface area contributed by atoms with Crippen molar-refractivity contribution in [3.63, 3.8) is 0 Å². The average Bonchev–Trinajstić information content (AvgIpc) is 3.43. The molecule has 0 radical (unpaired) electrons. The van der Waals surface area contributed by atoms with Gasteiger partial charge in [-0.25, -0.2) is 9.59 Å². The lowest BCUT2D eigenvalue weighted by Crippen LogP contribution is -2.33. The molecule has 1 aromatic carbocycles. The molecular weight excluding hydrogens is 488 g/mol. The minimum Gasteiger partial charge on any atom is -0.462 e. The Kier molecular flexibility index (Phi) is 8.93. The van der Waals surface area contributed by atoms with Crippen LogP contribution in [0.4, 0.5) is 5.00 Å². The number of hydrogen-bond acceptors (Lipinski definition) is 8. The Morgan fingerprint density at radius 1 is 1.03 bits per heavy atom. The van der Waals surface area contributed by atoms with Crippen molar-refractivity contribution >= 4 is 57.6 Å². The number of furan rings is 1. The first-order valence-corrected chi connectivity index (χ1v) is 12.0. The minimum absolute atomic E-state index is 0.0497. The fourth-order valence-corrected chi connectivity index (χ4v) is 4.45. The van der Waals surface area contributed by atoms with Crippen LogP contribution >= 0.6 is 23.6 Å². The zero-order valence-corrected chi connectivity index (χ0v) is 21.0. The van der Waals surface area contributed by atoms with Gasteiger partial charge in [0.05, 0.1) is 18.8 Å². The van der Waals surface area contributed by atoms with Crippen LogP contribution in [-0.4, -0.2) is 36.2 Å². The van der Waals surface area contributed by atoms with Gasteiger partial charge in [0.2, 0.25) is 5.91 Å². The Hall–Kier alpha value is -3.76. The fraction of sp³-hybridized carbons (Fsp3) is 0.200. The molecule has 3 aromatic rings. The fourth-order valence-electron chi connectivity index (χ4n) is 3.09. The topological polar surface area (TPSA) is 107 Å². The predicted molar refractivity (Wildman–Crippen MR) is 139 cm³/mol. The van der Waals surface area contributed by atoms with Crippen LogP contribution in [0.2, 0.25) is 0 Å². The van der Waals surface area contributed by atoms with Crippen molar-refractivity contribution in [1.82, 2.24) is 5.32 Å². The van der Waals surface area contributed by atoms with Crippen LogP contribution in [-0.2, 0) is 14.3 Å². The maximum absolute atomic E-state index is 12.5. The third kappa shape index (κ3) is 6.65. The lowest BCUT2D eigenvalue weighted by atomic mass is 10.1. The molecule has 35 heavy (non-hydrogen) atoms. The number of amides is 1. The summed E-state index contributed by atoms with van der Waals surface area (Å²) in [6, 6.07) is 13.1. The Morgan fingerprint density at radius 3 is 2.40 bits per heavy atom. The van der Waals surface area contributed by atoms with Gasteiger partial charge in [-0.05, 0) is 56.8 Å². The van der Waals surface area contributed by atoms with E-state index in [0.29, 0.717) is 17.1 Å². The number of nitrogens with one attached hydrogen (secondary N) is 2. The van der Waals surface area contributed by atoms with Crippen molar-refractivity contribution in [1.29, 1.82) is 0 Å². The van der Waals surface area contributed by atoms with Gasteiger partial charge in [-0.3, -0.25) is 10.1 Å². The summed E-state index contributed by atoms with van der Waals surface area (Å²) in [5.41, 5.74) is 1.50. The summed E-state index contributed by atoms with van der Waals surface area (Å²) < 4.78 is 15.9. The molecule has 2 aromatic heterocycles. The number of hydrogen-bond donors (Lipinski definition) is 2. The highest BCUT2D eigenvalue weighted by Crippen LogP contribution is 2.34. The normalized spacial score (nSPS) is 10.7. The molecule has 0 aliphatic carbocycles. The molecule has 0 saturated carbocycles. The molecule has 0 spiro atoms. The van der Waals surface area contributed by atoms with E-state index in [4.69, 9.17) is 26.1 Å². The van der Waals surface area contributed by atoms with Gasteiger partial charge in [0.1, 0.15) is 21.4 Å². The highest BCUT2D eigenvalue weighted by Gasteiger charge is 2.27. The third-order valence-electron chi connectivity index (χ3n) is 4.64. The van der Waals surface area contributed by atoms with Gasteiger partial charge in [-0.15, -0.1) is 11.3 Å². The number of carbonyl (C=O) groups is 3. The summed E-state index contributed by atoms with van der Waals surface area (Å²) >= 11 is 6.23. The van der Waals surface area contributed by atoms with E-state index in [1.54, 1.807) is 26.8 Å². The average molecular weight is 513 g/mol. The molecule has 0 fully saturated rings. The number of ether oxygens (including phenoxy) is 2. The Labute approximate surface area is 211 Å². The molecule has 2 N–H and O–H groups in total. The van der Waals surface area contributed by atoms with Gasteiger partial charge >= 0.3 is 11.9 Å². The van der Waals surface area contributed by atoms with Crippen molar-refractivity contribution in [3.8, 4) is 11.3 Å². The first kappa shape index (κ1) is 25.9. The van der Waals surface area contributed by atoms with E-state index in [-0.39, 0.29) is 33.8 Å². The Balaban J connectivity index is 1.69. The molecule has 0 aliphatic rings. The molecule has 0 unspecified atom stereocenters. The second kappa shape index (κ2) is 12.1. The van der Waals surface area contributed by atoms with Gasteiger partial charge < -0.3 is 19.2 Å². The molecule has 182 valence electrons. The van der Waals surface area contributed by atoms with Crippen molar-refractivity contribution < 1.29 is 28.3 Å². The van der Waals surface area contributed by atoms with Crippen LogP contribution in [0.1, 0.15) is 45.2 Å². The standard InChI is InChI=1S/C25H24N2O6S2/c1-4-31-23(29)20-15(3)21(24(30)32-5-2)35-22(20)27-25(34)26-19(28)14-12-17-11-13-18(33-17)16-9-7-6-8-10-16/h6-14H,4-5H2,1-3H3,(H2,26,27,28,34)/b14-12+. The van der Waals surface area contributed by atoms with E-state index in [1.807, 2.05) is 36.4 Å². The second-order valence-corrected chi connectivity index (χ2v) is 8.47. The molecule has 0 saturated heterocycles. The van der Waals surface area contributed by atoms with Crippen molar-refractivity contribution in [3.05, 3.63) is 70.3 Å². The number of anilines is 1. The zero-order valence-electron chi connectivity index (χ0n) is 19.4. The van der Waals surface area contributed by atoms with Crippen LogP contribution < -0.4 is 10.6 Å². The summed E-state index contributed by atoms with van der Waals surface area (Å²) in [6.07, 6.45) is 2.79. The zero-order chi connectivity index (χ0) is 25.4. The molecule has 2 heterocycles. The third-order valence-corrected chi connectivity index (χ3v) is 6.03. The largest absolute Gasteiger partial charge is 0.462 e. The molecule has 1 amide bonds. The molecule has 0 aliphatic heterocycles.